The standard InChI is InChI=1S/C19H16F2N2O4/c1-27-16(24)11-3-2-4-13(9-11)22-17(25)19(7-8-19)18(26)23-15-6-5-12(20)10-14(15)21/h2-6,9-10H,7-8H2,1H3,(H,22,25)(H,23,26). The molecule has 140 valence electrons. The maximum atomic E-state index is 13.7. The maximum Gasteiger partial charge on any atom is 0.337 e. The van der Waals surface area contributed by atoms with E-state index in [0.717, 1.165) is 12.1 Å². The maximum absolute atomic E-state index is 13.7. The van der Waals surface area contributed by atoms with Crippen LogP contribution < -0.4 is 10.6 Å². The molecule has 1 fully saturated rings. The molecule has 0 unspecified atom stereocenters. The molecule has 2 N–H and O–H groups in total. The molecule has 2 aromatic rings. The highest BCUT2D eigenvalue weighted by atomic mass is 19.1. The van der Waals surface area contributed by atoms with Gasteiger partial charge in [-0.25, -0.2) is 13.6 Å². The minimum Gasteiger partial charge on any atom is -0.465 e. The molecule has 0 radical (unpaired) electrons. The van der Waals surface area contributed by atoms with Crippen LogP contribution in [0.1, 0.15) is 23.2 Å². The van der Waals surface area contributed by atoms with Crippen molar-refractivity contribution in [2.75, 3.05) is 17.7 Å². The van der Waals surface area contributed by atoms with Crippen LogP contribution in [0.15, 0.2) is 42.5 Å². The number of nitrogens with one attached hydrogen (secondary N) is 2. The monoisotopic (exact) mass is 374 g/mol. The Kier molecular flexibility index (Phi) is 4.89. The van der Waals surface area contributed by atoms with E-state index in [1.165, 1.54) is 19.2 Å². The van der Waals surface area contributed by atoms with Crippen molar-refractivity contribution in [3.8, 4) is 0 Å². The SMILES string of the molecule is COC(=O)c1cccc(NC(=O)C2(C(=O)Nc3ccc(F)cc3F)CC2)c1. The summed E-state index contributed by atoms with van der Waals surface area (Å²) in [6, 6.07) is 8.84. The molecule has 1 aliphatic carbocycles. The minimum absolute atomic E-state index is 0.201. The van der Waals surface area contributed by atoms with Gasteiger partial charge >= 0.3 is 5.97 Å². The molecule has 0 heterocycles. The molecular weight excluding hydrogens is 358 g/mol. The smallest absolute Gasteiger partial charge is 0.337 e. The van der Waals surface area contributed by atoms with E-state index in [4.69, 9.17) is 0 Å². The second-order valence-corrected chi connectivity index (χ2v) is 6.19. The molecule has 0 aliphatic heterocycles. The summed E-state index contributed by atoms with van der Waals surface area (Å²) in [5.74, 6) is -3.49. The third-order valence-electron chi connectivity index (χ3n) is 4.34. The lowest BCUT2D eigenvalue weighted by molar-refractivity contribution is -0.131. The molecular formula is C19H16F2N2O4. The summed E-state index contributed by atoms with van der Waals surface area (Å²) in [4.78, 5) is 36.6. The van der Waals surface area contributed by atoms with Crippen LogP contribution in [-0.4, -0.2) is 24.9 Å². The van der Waals surface area contributed by atoms with Crippen LogP contribution >= 0.6 is 0 Å². The number of ether oxygens (including phenoxy) is 1. The zero-order valence-corrected chi connectivity index (χ0v) is 14.3. The van der Waals surface area contributed by atoms with Crippen molar-refractivity contribution in [1.82, 2.24) is 0 Å². The molecule has 0 bridgehead atoms. The highest BCUT2D eigenvalue weighted by Crippen LogP contribution is 2.47. The molecule has 6 nitrogen and oxygen atoms in total. The number of halogens is 2. The predicted molar refractivity (Wildman–Crippen MR) is 93.1 cm³/mol. The number of hydrogen-bond donors (Lipinski definition) is 2. The van der Waals surface area contributed by atoms with Gasteiger partial charge in [0.2, 0.25) is 11.8 Å². The average molecular weight is 374 g/mol. The van der Waals surface area contributed by atoms with Gasteiger partial charge in [-0.2, -0.15) is 0 Å². The first-order valence-corrected chi connectivity index (χ1v) is 8.12. The van der Waals surface area contributed by atoms with Crippen molar-refractivity contribution in [3.05, 3.63) is 59.7 Å². The van der Waals surface area contributed by atoms with Crippen LogP contribution in [0, 0.1) is 17.0 Å². The number of benzene rings is 2. The molecule has 3 rings (SSSR count). The third-order valence-corrected chi connectivity index (χ3v) is 4.34. The number of hydrogen-bond acceptors (Lipinski definition) is 4. The summed E-state index contributed by atoms with van der Waals surface area (Å²) in [6.45, 7) is 0. The first-order valence-electron chi connectivity index (χ1n) is 8.12. The summed E-state index contributed by atoms with van der Waals surface area (Å²) in [6.07, 6.45) is 0.592. The van der Waals surface area contributed by atoms with E-state index in [0.29, 0.717) is 24.6 Å². The number of amides is 2. The molecule has 2 aromatic carbocycles. The van der Waals surface area contributed by atoms with E-state index >= 15 is 0 Å². The summed E-state index contributed by atoms with van der Waals surface area (Å²) < 4.78 is 31.3. The average Bonchev–Trinajstić information content (AvgIpc) is 3.45. The minimum atomic E-state index is -1.33. The van der Waals surface area contributed by atoms with Gasteiger partial charge in [0.25, 0.3) is 0 Å². The molecule has 0 aromatic heterocycles. The van der Waals surface area contributed by atoms with Crippen LogP contribution in [-0.2, 0) is 14.3 Å². The van der Waals surface area contributed by atoms with E-state index in [-0.39, 0.29) is 11.3 Å². The molecule has 0 spiro atoms. The second kappa shape index (κ2) is 7.14. The van der Waals surface area contributed by atoms with Gasteiger partial charge in [-0.15, -0.1) is 0 Å². The van der Waals surface area contributed by atoms with Crippen molar-refractivity contribution in [2.24, 2.45) is 5.41 Å². The normalized spacial score (nSPS) is 14.2. The molecule has 0 atom stereocenters. The summed E-state index contributed by atoms with van der Waals surface area (Å²) >= 11 is 0. The lowest BCUT2D eigenvalue weighted by Gasteiger charge is -2.16. The van der Waals surface area contributed by atoms with Crippen molar-refractivity contribution in [1.29, 1.82) is 0 Å². The van der Waals surface area contributed by atoms with Gasteiger partial charge < -0.3 is 15.4 Å². The van der Waals surface area contributed by atoms with E-state index in [1.807, 2.05) is 0 Å². The highest BCUT2D eigenvalue weighted by molar-refractivity contribution is 6.17. The van der Waals surface area contributed by atoms with Gasteiger partial charge in [-0.1, -0.05) is 6.07 Å². The van der Waals surface area contributed by atoms with Gasteiger partial charge in [-0.05, 0) is 43.2 Å². The quantitative estimate of drug-likeness (QED) is 0.622. The predicted octanol–water partition coefficient (Wildman–Crippen LogP) is 3.11. The van der Waals surface area contributed by atoms with Crippen LogP contribution in [0.5, 0.6) is 0 Å². The van der Waals surface area contributed by atoms with Crippen molar-refractivity contribution < 1.29 is 27.9 Å². The molecule has 27 heavy (non-hydrogen) atoms. The highest BCUT2D eigenvalue weighted by Gasteiger charge is 2.56. The van der Waals surface area contributed by atoms with Crippen LogP contribution in [0.3, 0.4) is 0 Å². The second-order valence-electron chi connectivity index (χ2n) is 6.19. The Morgan fingerprint density at radius 2 is 1.70 bits per heavy atom. The van der Waals surface area contributed by atoms with Gasteiger partial charge in [-0.3, -0.25) is 9.59 Å². The van der Waals surface area contributed by atoms with Crippen molar-refractivity contribution in [3.63, 3.8) is 0 Å². The number of rotatable bonds is 5. The first-order chi connectivity index (χ1) is 12.9. The van der Waals surface area contributed by atoms with E-state index < -0.39 is 34.8 Å². The fraction of sp³-hybridized carbons (Fsp3) is 0.211. The van der Waals surface area contributed by atoms with Gasteiger partial charge in [0.1, 0.15) is 17.0 Å². The molecule has 0 saturated heterocycles. The van der Waals surface area contributed by atoms with Crippen LogP contribution in [0.4, 0.5) is 20.2 Å². The Bertz CT molecular complexity index is 926. The fourth-order valence-corrected chi connectivity index (χ4v) is 2.61. The number of carbonyl (C=O) groups is 3. The van der Waals surface area contributed by atoms with E-state index in [2.05, 4.69) is 15.4 Å². The third kappa shape index (κ3) is 3.79. The van der Waals surface area contributed by atoms with Crippen molar-refractivity contribution >= 4 is 29.2 Å². The number of carbonyl (C=O) groups excluding carboxylic acids is 3. The van der Waals surface area contributed by atoms with Gasteiger partial charge in [0.05, 0.1) is 18.4 Å². The Morgan fingerprint density at radius 1 is 1.00 bits per heavy atom. The summed E-state index contributed by atoms with van der Waals surface area (Å²) in [5, 5.41) is 4.92. The molecule has 8 heteroatoms. The largest absolute Gasteiger partial charge is 0.465 e. The Morgan fingerprint density at radius 3 is 2.33 bits per heavy atom. The van der Waals surface area contributed by atoms with Crippen molar-refractivity contribution in [2.45, 2.75) is 12.8 Å². The Hall–Kier alpha value is -3.29. The fourth-order valence-electron chi connectivity index (χ4n) is 2.61. The Balaban J connectivity index is 1.72. The first kappa shape index (κ1) is 18.5. The lowest BCUT2D eigenvalue weighted by Crippen LogP contribution is -2.35. The van der Waals surface area contributed by atoms with Crippen LogP contribution in [0.2, 0.25) is 0 Å². The lowest BCUT2D eigenvalue weighted by atomic mass is 10.0. The summed E-state index contributed by atoms with van der Waals surface area (Å²) in [7, 11) is 1.24. The molecule has 1 saturated carbocycles. The molecule has 1 aliphatic rings. The number of esters is 1. The zero-order valence-electron chi connectivity index (χ0n) is 14.3. The zero-order chi connectivity index (χ0) is 19.6. The van der Waals surface area contributed by atoms with Crippen LogP contribution in [0.25, 0.3) is 0 Å². The van der Waals surface area contributed by atoms with Gasteiger partial charge in [0, 0.05) is 11.8 Å². The van der Waals surface area contributed by atoms with Gasteiger partial charge in [0.15, 0.2) is 0 Å². The topological polar surface area (TPSA) is 84.5 Å². The number of methoxy groups -OCH3 is 1. The molecule has 2 amide bonds. The van der Waals surface area contributed by atoms with E-state index in [9.17, 15) is 23.2 Å². The Labute approximate surface area is 153 Å². The van der Waals surface area contributed by atoms with E-state index in [1.54, 1.807) is 12.1 Å². The summed E-state index contributed by atoms with van der Waals surface area (Å²) in [5.41, 5.74) is -0.955. The number of anilines is 2.